The molecule has 1 aliphatic carbocycles. The van der Waals surface area contributed by atoms with Gasteiger partial charge in [-0.2, -0.15) is 13.2 Å². The van der Waals surface area contributed by atoms with Gasteiger partial charge in [-0.05, 0) is 56.0 Å². The van der Waals surface area contributed by atoms with Gasteiger partial charge in [0.2, 0.25) is 5.91 Å². The molecule has 1 aliphatic rings. The molecule has 154 valence electrons. The third-order valence-corrected chi connectivity index (χ3v) is 4.58. The molecule has 2 aromatic rings. The van der Waals surface area contributed by atoms with Crippen LogP contribution in [0.25, 0.3) is 0 Å². The summed E-state index contributed by atoms with van der Waals surface area (Å²) in [5.41, 5.74) is 1.29. The van der Waals surface area contributed by atoms with Crippen LogP contribution < -0.4 is 10.6 Å². The van der Waals surface area contributed by atoms with Crippen LogP contribution in [0.5, 0.6) is 0 Å². The molecule has 0 aliphatic heterocycles. The number of nitrogens with one attached hydrogen (secondary N) is 2. The molecule has 3 rings (SSSR count). The van der Waals surface area contributed by atoms with Crippen molar-refractivity contribution in [2.24, 2.45) is 5.92 Å². The Morgan fingerprint density at radius 2 is 1.97 bits per heavy atom. The summed E-state index contributed by atoms with van der Waals surface area (Å²) in [6, 6.07) is 5.93. The van der Waals surface area contributed by atoms with E-state index in [1.807, 2.05) is 0 Å². The van der Waals surface area contributed by atoms with Crippen molar-refractivity contribution in [2.75, 3.05) is 5.32 Å². The van der Waals surface area contributed by atoms with Crippen LogP contribution in [0.15, 0.2) is 36.7 Å². The van der Waals surface area contributed by atoms with Gasteiger partial charge < -0.3 is 10.6 Å². The smallest absolute Gasteiger partial charge is 0.345 e. The van der Waals surface area contributed by atoms with Gasteiger partial charge in [-0.1, -0.05) is 0 Å². The maximum atomic E-state index is 12.4. The van der Waals surface area contributed by atoms with E-state index in [9.17, 15) is 22.8 Å². The van der Waals surface area contributed by atoms with Gasteiger partial charge in [-0.15, -0.1) is 0 Å². The second-order valence-electron chi connectivity index (χ2n) is 7.09. The van der Waals surface area contributed by atoms with Crippen molar-refractivity contribution in [3.63, 3.8) is 0 Å². The summed E-state index contributed by atoms with van der Waals surface area (Å²) in [4.78, 5) is 32.3. The second-order valence-corrected chi connectivity index (χ2v) is 7.09. The number of amides is 2. The van der Waals surface area contributed by atoms with Crippen LogP contribution in [0, 0.1) is 5.92 Å². The minimum atomic E-state index is -4.24. The van der Waals surface area contributed by atoms with Gasteiger partial charge in [-0.3, -0.25) is 14.6 Å². The highest BCUT2D eigenvalue weighted by atomic mass is 19.4. The van der Waals surface area contributed by atoms with Gasteiger partial charge in [0.15, 0.2) is 0 Å². The predicted molar refractivity (Wildman–Crippen MR) is 100 cm³/mol. The number of pyridine rings is 2. The Bertz CT molecular complexity index is 880. The van der Waals surface area contributed by atoms with Crippen LogP contribution in [-0.2, 0) is 11.2 Å². The molecule has 2 heterocycles. The molecule has 0 radical (unpaired) electrons. The lowest BCUT2D eigenvalue weighted by Crippen LogP contribution is -2.27. The van der Waals surface area contributed by atoms with E-state index in [2.05, 4.69) is 20.6 Å². The highest BCUT2D eigenvalue weighted by molar-refractivity contribution is 5.94. The summed E-state index contributed by atoms with van der Waals surface area (Å²) < 4.78 is 36.8. The molecule has 6 nitrogen and oxygen atoms in total. The van der Waals surface area contributed by atoms with Crippen molar-refractivity contribution in [2.45, 2.75) is 44.8 Å². The van der Waals surface area contributed by atoms with E-state index in [1.165, 1.54) is 18.3 Å². The van der Waals surface area contributed by atoms with E-state index in [-0.39, 0.29) is 35.5 Å². The maximum absolute atomic E-state index is 12.4. The van der Waals surface area contributed by atoms with Crippen molar-refractivity contribution in [1.82, 2.24) is 15.3 Å². The minimum Gasteiger partial charge on any atom is -0.345 e. The van der Waals surface area contributed by atoms with Gasteiger partial charge in [0.25, 0.3) is 5.91 Å². The first-order chi connectivity index (χ1) is 13.7. The number of rotatable bonds is 7. The highest BCUT2D eigenvalue weighted by Gasteiger charge is 2.30. The summed E-state index contributed by atoms with van der Waals surface area (Å²) in [5.74, 6) is 0.0381. The molecule has 1 atom stereocenters. The number of carbonyl (C=O) groups excluding carboxylic acids is 2. The molecule has 0 bridgehead atoms. The number of anilines is 1. The fourth-order valence-electron chi connectivity index (χ4n) is 2.70. The number of hydrogen-bond acceptors (Lipinski definition) is 4. The van der Waals surface area contributed by atoms with Crippen LogP contribution in [0.2, 0.25) is 0 Å². The summed E-state index contributed by atoms with van der Waals surface area (Å²) in [6.45, 7) is 1.78. The van der Waals surface area contributed by atoms with Crippen LogP contribution >= 0.6 is 0 Å². The topological polar surface area (TPSA) is 84.0 Å². The normalized spacial score (nSPS) is 14.9. The average Bonchev–Trinajstić information content (AvgIpc) is 3.52. The second kappa shape index (κ2) is 8.59. The first-order valence-electron chi connectivity index (χ1n) is 9.30. The quantitative estimate of drug-likeness (QED) is 0.732. The van der Waals surface area contributed by atoms with Crippen molar-refractivity contribution in [3.8, 4) is 0 Å². The van der Waals surface area contributed by atoms with Gasteiger partial charge in [0, 0.05) is 30.4 Å². The lowest BCUT2D eigenvalue weighted by Gasteiger charge is -2.15. The molecule has 1 unspecified atom stereocenters. The van der Waals surface area contributed by atoms with Crippen LogP contribution in [-0.4, -0.2) is 28.0 Å². The Hall–Kier alpha value is -2.97. The third-order valence-electron chi connectivity index (χ3n) is 4.58. The molecule has 2 N–H and O–H groups in total. The Balaban J connectivity index is 1.57. The lowest BCUT2D eigenvalue weighted by molar-refractivity contribution is -0.134. The van der Waals surface area contributed by atoms with Crippen molar-refractivity contribution >= 4 is 17.6 Å². The zero-order chi connectivity index (χ0) is 21.0. The molecular weight excluding hydrogens is 385 g/mol. The summed E-state index contributed by atoms with van der Waals surface area (Å²) in [6.07, 6.45) is -0.825. The SMILES string of the molecule is CC(NC(=O)c1ccc(CCC(F)(F)F)nc1)c1ccnc(NC(=O)C2CC2)c1. The average molecular weight is 406 g/mol. The van der Waals surface area contributed by atoms with E-state index >= 15 is 0 Å². The Labute approximate surface area is 165 Å². The number of hydrogen-bond donors (Lipinski definition) is 2. The van der Waals surface area contributed by atoms with Crippen LogP contribution in [0.4, 0.5) is 19.0 Å². The highest BCUT2D eigenvalue weighted by Crippen LogP contribution is 2.30. The van der Waals surface area contributed by atoms with Crippen LogP contribution in [0.3, 0.4) is 0 Å². The molecule has 2 amide bonds. The molecule has 1 saturated carbocycles. The van der Waals surface area contributed by atoms with Gasteiger partial charge in [-0.25, -0.2) is 4.98 Å². The largest absolute Gasteiger partial charge is 0.389 e. The first-order valence-corrected chi connectivity index (χ1v) is 9.30. The molecule has 0 saturated heterocycles. The summed E-state index contributed by atoms with van der Waals surface area (Å²) in [7, 11) is 0. The Kier molecular flexibility index (Phi) is 6.14. The molecule has 2 aromatic heterocycles. The van der Waals surface area contributed by atoms with Gasteiger partial charge in [0.1, 0.15) is 5.82 Å². The van der Waals surface area contributed by atoms with Gasteiger partial charge in [0.05, 0.1) is 11.6 Å². The maximum Gasteiger partial charge on any atom is 0.389 e. The molecule has 0 aromatic carbocycles. The Morgan fingerprint density at radius 1 is 1.21 bits per heavy atom. The summed E-state index contributed by atoms with van der Waals surface area (Å²) >= 11 is 0. The molecule has 0 spiro atoms. The minimum absolute atomic E-state index is 0.0528. The number of carbonyl (C=O) groups is 2. The first kappa shape index (κ1) is 20.8. The molecule has 1 fully saturated rings. The van der Waals surface area contributed by atoms with Crippen molar-refractivity contribution in [1.29, 1.82) is 0 Å². The number of aromatic nitrogens is 2. The van der Waals surface area contributed by atoms with E-state index < -0.39 is 18.5 Å². The molecule has 9 heteroatoms. The lowest BCUT2D eigenvalue weighted by atomic mass is 10.1. The summed E-state index contributed by atoms with van der Waals surface area (Å²) in [5, 5.41) is 5.56. The molecular formula is C20H21F3N4O2. The fraction of sp³-hybridized carbons (Fsp3) is 0.400. The van der Waals surface area contributed by atoms with Crippen molar-refractivity contribution in [3.05, 3.63) is 53.5 Å². The zero-order valence-corrected chi connectivity index (χ0v) is 15.8. The van der Waals surface area contributed by atoms with E-state index in [0.29, 0.717) is 5.82 Å². The van der Waals surface area contributed by atoms with E-state index in [1.54, 1.807) is 25.3 Å². The predicted octanol–water partition coefficient (Wildman–Crippen LogP) is 3.81. The molecule has 29 heavy (non-hydrogen) atoms. The Morgan fingerprint density at radius 3 is 2.59 bits per heavy atom. The number of nitrogens with zero attached hydrogens (tertiary/aromatic N) is 2. The number of aryl methyl sites for hydroxylation is 1. The van der Waals surface area contributed by atoms with E-state index in [0.717, 1.165) is 18.4 Å². The monoisotopic (exact) mass is 406 g/mol. The fourth-order valence-corrected chi connectivity index (χ4v) is 2.70. The van der Waals surface area contributed by atoms with Gasteiger partial charge >= 0.3 is 6.18 Å². The van der Waals surface area contributed by atoms with Crippen molar-refractivity contribution < 1.29 is 22.8 Å². The third kappa shape index (κ3) is 6.27. The van der Waals surface area contributed by atoms with E-state index in [4.69, 9.17) is 0 Å². The number of halogens is 3. The zero-order valence-electron chi connectivity index (χ0n) is 15.8. The standard InChI is InChI=1S/C20H21F3N4O2/c1-12(14-7-9-24-17(10-14)27-18(28)13-2-3-13)26-19(29)15-4-5-16(25-11-15)6-8-20(21,22)23/h4-5,7,9-13H,2-3,6,8H2,1H3,(H,26,29)(H,24,27,28). The van der Waals surface area contributed by atoms with Crippen LogP contribution in [0.1, 0.15) is 53.8 Å². The number of alkyl halides is 3.